The van der Waals surface area contributed by atoms with E-state index in [4.69, 9.17) is 4.74 Å². The first-order valence-electron chi connectivity index (χ1n) is 13.7. The molecule has 2 atom stereocenters. The number of ether oxygens (including phenoxy) is 1. The number of fused-ring (bicyclic) bond motifs is 3. The molecule has 0 aromatic heterocycles. The molecule has 1 aliphatic rings. The van der Waals surface area contributed by atoms with Crippen molar-refractivity contribution in [3.63, 3.8) is 0 Å². The summed E-state index contributed by atoms with van der Waals surface area (Å²) < 4.78 is 5.63. The lowest BCUT2D eigenvalue weighted by Crippen LogP contribution is -2.54. The number of nitrogens with one attached hydrogen (secondary N) is 2. The van der Waals surface area contributed by atoms with E-state index >= 15 is 0 Å². The largest absolute Gasteiger partial charge is 0.480 e. The van der Waals surface area contributed by atoms with Crippen molar-refractivity contribution in [2.24, 2.45) is 0 Å². The quantitative estimate of drug-likeness (QED) is 0.286. The third-order valence-electron chi connectivity index (χ3n) is 7.20. The Morgan fingerprint density at radius 1 is 0.875 bits per heavy atom. The van der Waals surface area contributed by atoms with E-state index in [1.807, 2.05) is 78.6 Å². The second-order valence-corrected chi connectivity index (χ2v) is 10.2. The van der Waals surface area contributed by atoms with Crippen LogP contribution in [0.15, 0.2) is 78.9 Å². The topological polar surface area (TPSA) is 108 Å². The Kier molecular flexibility index (Phi) is 9.91. The number of carboxylic acid groups (broad SMARTS) is 1. The van der Waals surface area contributed by atoms with Crippen LogP contribution in [0.3, 0.4) is 0 Å². The maximum absolute atomic E-state index is 13.2. The average Bonchev–Trinajstić information content (AvgIpc) is 3.27. The van der Waals surface area contributed by atoms with Crippen molar-refractivity contribution < 1.29 is 24.2 Å². The third kappa shape index (κ3) is 7.27. The molecule has 40 heavy (non-hydrogen) atoms. The Balaban J connectivity index is 1.36. The summed E-state index contributed by atoms with van der Waals surface area (Å²) in [5.74, 6) is -1.77. The molecule has 1 aliphatic carbocycles. The van der Waals surface area contributed by atoms with E-state index in [2.05, 4.69) is 22.8 Å². The van der Waals surface area contributed by atoms with Crippen LogP contribution in [0.4, 0.5) is 4.79 Å². The van der Waals surface area contributed by atoms with E-state index < -0.39 is 30.1 Å². The zero-order chi connectivity index (χ0) is 28.5. The number of unbranched alkanes of at least 4 members (excludes halogenated alkanes) is 1. The van der Waals surface area contributed by atoms with Crippen LogP contribution in [-0.4, -0.2) is 60.3 Å². The second kappa shape index (κ2) is 13.8. The number of rotatable bonds is 13. The van der Waals surface area contributed by atoms with E-state index in [1.165, 1.54) is 0 Å². The number of carbonyl (C=O) groups is 3. The Labute approximate surface area is 235 Å². The number of hydrogen-bond donors (Lipinski definition) is 3. The first-order valence-corrected chi connectivity index (χ1v) is 13.7. The molecule has 0 saturated heterocycles. The van der Waals surface area contributed by atoms with Gasteiger partial charge in [-0.2, -0.15) is 0 Å². The SMILES string of the molecule is CCCC[C@H](NC(=O)OCC1c2ccccc2-c2ccccc21)C(=O)NC(CN(C)Cc1ccccc1)C(=O)O. The normalized spacial score (nSPS) is 13.7. The van der Waals surface area contributed by atoms with Crippen LogP contribution < -0.4 is 10.6 Å². The van der Waals surface area contributed by atoms with Crippen LogP contribution in [0.1, 0.15) is 48.8 Å². The number of carboxylic acids is 1. The van der Waals surface area contributed by atoms with Gasteiger partial charge >= 0.3 is 12.1 Å². The molecule has 4 rings (SSSR count). The van der Waals surface area contributed by atoms with Crippen molar-refractivity contribution in [2.45, 2.75) is 50.7 Å². The second-order valence-electron chi connectivity index (χ2n) is 10.2. The van der Waals surface area contributed by atoms with Crippen molar-refractivity contribution in [3.05, 3.63) is 95.6 Å². The van der Waals surface area contributed by atoms with Crippen molar-refractivity contribution in [1.29, 1.82) is 0 Å². The van der Waals surface area contributed by atoms with E-state index in [0.717, 1.165) is 34.2 Å². The molecule has 0 bridgehead atoms. The summed E-state index contributed by atoms with van der Waals surface area (Å²) in [5, 5.41) is 15.1. The average molecular weight is 544 g/mol. The molecule has 0 aliphatic heterocycles. The van der Waals surface area contributed by atoms with Crippen molar-refractivity contribution in [2.75, 3.05) is 20.2 Å². The predicted octanol–water partition coefficient (Wildman–Crippen LogP) is 4.79. The highest BCUT2D eigenvalue weighted by molar-refractivity contribution is 5.89. The van der Waals surface area contributed by atoms with Gasteiger partial charge in [0.05, 0.1) is 0 Å². The van der Waals surface area contributed by atoms with Gasteiger partial charge in [-0.1, -0.05) is 98.6 Å². The smallest absolute Gasteiger partial charge is 0.407 e. The van der Waals surface area contributed by atoms with Gasteiger partial charge in [0.1, 0.15) is 18.7 Å². The molecule has 2 amide bonds. The van der Waals surface area contributed by atoms with E-state index in [1.54, 1.807) is 7.05 Å². The van der Waals surface area contributed by atoms with Gasteiger partial charge in [-0.3, -0.25) is 9.69 Å². The van der Waals surface area contributed by atoms with Crippen LogP contribution in [-0.2, 0) is 20.9 Å². The zero-order valence-corrected chi connectivity index (χ0v) is 23.0. The predicted molar refractivity (Wildman–Crippen MR) is 154 cm³/mol. The third-order valence-corrected chi connectivity index (χ3v) is 7.20. The lowest BCUT2D eigenvalue weighted by atomic mass is 9.98. The molecule has 210 valence electrons. The zero-order valence-electron chi connectivity index (χ0n) is 23.0. The molecule has 0 radical (unpaired) electrons. The number of amides is 2. The number of hydrogen-bond acceptors (Lipinski definition) is 5. The van der Waals surface area contributed by atoms with Crippen molar-refractivity contribution in [1.82, 2.24) is 15.5 Å². The van der Waals surface area contributed by atoms with Gasteiger partial charge in [-0.05, 0) is 41.3 Å². The summed E-state index contributed by atoms with van der Waals surface area (Å²) in [6, 6.07) is 23.8. The molecule has 3 N–H and O–H groups in total. The van der Waals surface area contributed by atoms with Gasteiger partial charge in [-0.15, -0.1) is 0 Å². The molecular weight excluding hydrogens is 506 g/mol. The minimum absolute atomic E-state index is 0.0994. The summed E-state index contributed by atoms with van der Waals surface area (Å²) in [7, 11) is 1.80. The summed E-state index contributed by atoms with van der Waals surface area (Å²) >= 11 is 0. The first-order chi connectivity index (χ1) is 19.4. The van der Waals surface area contributed by atoms with E-state index in [0.29, 0.717) is 19.4 Å². The molecule has 0 spiro atoms. The molecule has 0 heterocycles. The monoisotopic (exact) mass is 543 g/mol. The number of alkyl carbamates (subject to hydrolysis) is 1. The van der Waals surface area contributed by atoms with Gasteiger partial charge in [0.25, 0.3) is 0 Å². The van der Waals surface area contributed by atoms with Crippen LogP contribution >= 0.6 is 0 Å². The van der Waals surface area contributed by atoms with E-state index in [9.17, 15) is 19.5 Å². The molecule has 8 nitrogen and oxygen atoms in total. The summed E-state index contributed by atoms with van der Waals surface area (Å²) in [6.45, 7) is 2.77. The van der Waals surface area contributed by atoms with Gasteiger partial charge in [0, 0.05) is 19.0 Å². The first kappa shape index (κ1) is 28.8. The molecule has 8 heteroatoms. The fourth-order valence-corrected chi connectivity index (χ4v) is 5.19. The fraction of sp³-hybridized carbons (Fsp3) is 0.344. The Hall–Kier alpha value is -4.17. The maximum Gasteiger partial charge on any atom is 0.407 e. The number of aliphatic carboxylic acids is 1. The minimum atomic E-state index is -1.14. The van der Waals surface area contributed by atoms with Gasteiger partial charge < -0.3 is 20.5 Å². The molecular formula is C32H37N3O5. The Morgan fingerprint density at radius 2 is 1.48 bits per heavy atom. The highest BCUT2D eigenvalue weighted by Crippen LogP contribution is 2.44. The van der Waals surface area contributed by atoms with Crippen LogP contribution in [0.25, 0.3) is 11.1 Å². The number of carbonyl (C=O) groups excluding carboxylic acids is 2. The van der Waals surface area contributed by atoms with Gasteiger partial charge in [-0.25, -0.2) is 9.59 Å². The summed E-state index contributed by atoms with van der Waals surface area (Å²) in [6.07, 6.45) is 1.18. The van der Waals surface area contributed by atoms with E-state index in [-0.39, 0.29) is 19.1 Å². The van der Waals surface area contributed by atoms with Crippen molar-refractivity contribution >= 4 is 18.0 Å². The summed E-state index contributed by atoms with van der Waals surface area (Å²) in [4.78, 5) is 39.8. The van der Waals surface area contributed by atoms with Gasteiger partial charge in [0.15, 0.2) is 0 Å². The molecule has 0 saturated carbocycles. The standard InChI is InChI=1S/C32H37N3O5/c1-3-4-18-28(30(36)33-29(31(37)38)20-35(2)19-22-12-6-5-7-13-22)34-32(39)40-21-27-25-16-10-8-14-23(25)24-15-9-11-17-26(24)27/h5-17,27-29H,3-4,18-21H2,1-2H3,(H,33,36)(H,34,39)(H,37,38)/t28-,29?/m0/s1. The van der Waals surface area contributed by atoms with Crippen LogP contribution in [0.2, 0.25) is 0 Å². The minimum Gasteiger partial charge on any atom is -0.480 e. The number of nitrogens with zero attached hydrogens (tertiary/aromatic N) is 1. The van der Waals surface area contributed by atoms with Crippen molar-refractivity contribution in [3.8, 4) is 11.1 Å². The maximum atomic E-state index is 13.2. The van der Waals surface area contributed by atoms with Gasteiger partial charge in [0.2, 0.25) is 5.91 Å². The number of likely N-dealkylation sites (N-methyl/N-ethyl adjacent to an activating group) is 1. The lowest BCUT2D eigenvalue weighted by molar-refractivity contribution is -0.142. The molecule has 3 aromatic carbocycles. The molecule has 1 unspecified atom stereocenters. The lowest BCUT2D eigenvalue weighted by Gasteiger charge is -2.25. The highest BCUT2D eigenvalue weighted by atomic mass is 16.5. The van der Waals surface area contributed by atoms with Crippen LogP contribution in [0, 0.1) is 0 Å². The molecule has 3 aromatic rings. The summed E-state index contributed by atoms with van der Waals surface area (Å²) in [5.41, 5.74) is 5.49. The fourth-order valence-electron chi connectivity index (χ4n) is 5.19. The highest BCUT2D eigenvalue weighted by Gasteiger charge is 2.31. The molecule has 0 fully saturated rings. The Morgan fingerprint density at radius 3 is 2.08 bits per heavy atom. The number of benzene rings is 3. The van der Waals surface area contributed by atoms with Crippen LogP contribution in [0.5, 0.6) is 0 Å². The Bertz CT molecular complexity index is 1270.